The van der Waals surface area contributed by atoms with E-state index in [1.165, 1.54) is 5.56 Å². The number of benzene rings is 1. The van der Waals surface area contributed by atoms with Crippen molar-refractivity contribution in [2.75, 3.05) is 0 Å². The summed E-state index contributed by atoms with van der Waals surface area (Å²) in [6, 6.07) is 10.2. The Kier molecular flexibility index (Phi) is 3.97. The molecular formula is C15H17ClN2. The average molecular weight is 261 g/mol. The minimum Gasteiger partial charge on any atom is -0.233 e. The molecule has 0 amide bonds. The lowest BCUT2D eigenvalue weighted by Gasteiger charge is -2.07. The number of hydrogen-bond donors (Lipinski definition) is 0. The summed E-state index contributed by atoms with van der Waals surface area (Å²) < 4.78 is 0. The highest BCUT2D eigenvalue weighted by Gasteiger charge is 2.06. The van der Waals surface area contributed by atoms with Gasteiger partial charge in [0.25, 0.3) is 0 Å². The van der Waals surface area contributed by atoms with E-state index in [1.54, 1.807) is 0 Å². The number of hydrogen-bond acceptors (Lipinski definition) is 2. The zero-order valence-corrected chi connectivity index (χ0v) is 11.7. The van der Waals surface area contributed by atoms with Crippen molar-refractivity contribution in [3.63, 3.8) is 0 Å². The minimum absolute atomic E-state index is 0.504. The molecule has 0 aliphatic heterocycles. The van der Waals surface area contributed by atoms with Crippen LogP contribution >= 0.6 is 11.6 Å². The van der Waals surface area contributed by atoms with Crippen LogP contribution in [0.3, 0.4) is 0 Å². The maximum Gasteiger partial charge on any atom is 0.161 e. The molecule has 0 fully saturated rings. The van der Waals surface area contributed by atoms with Gasteiger partial charge in [0.05, 0.1) is 0 Å². The Labute approximate surface area is 113 Å². The van der Waals surface area contributed by atoms with Crippen LogP contribution in [-0.4, -0.2) is 9.97 Å². The van der Waals surface area contributed by atoms with Crippen molar-refractivity contribution in [3.8, 4) is 11.4 Å². The minimum atomic E-state index is 0.504. The van der Waals surface area contributed by atoms with Crippen LogP contribution in [0.5, 0.6) is 0 Å². The second-order valence-corrected chi connectivity index (χ2v) is 5.02. The van der Waals surface area contributed by atoms with E-state index in [9.17, 15) is 0 Å². The number of halogens is 1. The van der Waals surface area contributed by atoms with Crippen molar-refractivity contribution in [3.05, 3.63) is 46.7 Å². The van der Waals surface area contributed by atoms with Gasteiger partial charge < -0.3 is 0 Å². The van der Waals surface area contributed by atoms with E-state index >= 15 is 0 Å². The third-order valence-electron chi connectivity index (χ3n) is 2.95. The van der Waals surface area contributed by atoms with Gasteiger partial charge in [0.1, 0.15) is 5.15 Å². The molecule has 0 bridgehead atoms. The number of aromatic nitrogens is 2. The van der Waals surface area contributed by atoms with Crippen LogP contribution in [0.15, 0.2) is 30.3 Å². The predicted molar refractivity (Wildman–Crippen MR) is 75.9 cm³/mol. The fourth-order valence-electron chi connectivity index (χ4n) is 1.79. The predicted octanol–water partition coefficient (Wildman–Crippen LogP) is 4.48. The molecule has 0 aliphatic carbocycles. The molecule has 1 heterocycles. The van der Waals surface area contributed by atoms with E-state index in [4.69, 9.17) is 11.6 Å². The van der Waals surface area contributed by atoms with Crippen molar-refractivity contribution in [1.82, 2.24) is 9.97 Å². The Balaban J connectivity index is 2.39. The second kappa shape index (κ2) is 5.49. The van der Waals surface area contributed by atoms with Gasteiger partial charge in [0.15, 0.2) is 5.82 Å². The van der Waals surface area contributed by atoms with Gasteiger partial charge in [-0.15, -0.1) is 0 Å². The molecule has 0 saturated heterocycles. The standard InChI is InChI=1S/C15H17ClN2/c1-4-13-9-14(16)18-15(17-13)12-7-5-11(6-8-12)10(2)3/h5-10H,4H2,1-3H3. The first-order valence-electron chi connectivity index (χ1n) is 6.24. The van der Waals surface area contributed by atoms with Crippen LogP contribution in [0, 0.1) is 0 Å². The average Bonchev–Trinajstić information content (AvgIpc) is 2.38. The lowest BCUT2D eigenvalue weighted by Crippen LogP contribution is -1.95. The summed E-state index contributed by atoms with van der Waals surface area (Å²) in [7, 11) is 0. The van der Waals surface area contributed by atoms with Gasteiger partial charge in [0.2, 0.25) is 0 Å². The first-order valence-corrected chi connectivity index (χ1v) is 6.61. The van der Waals surface area contributed by atoms with Gasteiger partial charge in [-0.05, 0) is 24.0 Å². The first kappa shape index (κ1) is 13.0. The smallest absolute Gasteiger partial charge is 0.161 e. The SMILES string of the molecule is CCc1cc(Cl)nc(-c2ccc(C(C)C)cc2)n1. The molecule has 0 radical (unpaired) electrons. The van der Waals surface area contributed by atoms with Crippen LogP contribution < -0.4 is 0 Å². The van der Waals surface area contributed by atoms with Crippen LogP contribution in [-0.2, 0) is 6.42 Å². The molecule has 3 heteroatoms. The summed E-state index contributed by atoms with van der Waals surface area (Å²) in [5.74, 6) is 1.24. The fraction of sp³-hybridized carbons (Fsp3) is 0.333. The number of nitrogens with zero attached hydrogens (tertiary/aromatic N) is 2. The van der Waals surface area contributed by atoms with Crippen LogP contribution in [0.1, 0.15) is 37.9 Å². The molecule has 0 aliphatic rings. The third-order valence-corrected chi connectivity index (χ3v) is 3.14. The monoisotopic (exact) mass is 260 g/mol. The Morgan fingerprint density at radius 1 is 1.11 bits per heavy atom. The molecular weight excluding hydrogens is 244 g/mol. The molecule has 2 nitrogen and oxygen atoms in total. The summed E-state index contributed by atoms with van der Waals surface area (Å²) >= 11 is 6.01. The van der Waals surface area contributed by atoms with Crippen LogP contribution in [0.25, 0.3) is 11.4 Å². The van der Waals surface area contributed by atoms with Gasteiger partial charge in [-0.3, -0.25) is 0 Å². The van der Waals surface area contributed by atoms with Crippen LogP contribution in [0.4, 0.5) is 0 Å². The highest BCUT2D eigenvalue weighted by molar-refractivity contribution is 6.29. The van der Waals surface area contributed by atoms with E-state index in [2.05, 4.69) is 55.0 Å². The first-order chi connectivity index (χ1) is 8.60. The summed E-state index contributed by atoms with van der Waals surface area (Å²) in [6.07, 6.45) is 0.860. The van der Waals surface area contributed by atoms with E-state index in [-0.39, 0.29) is 0 Å². The largest absolute Gasteiger partial charge is 0.233 e. The topological polar surface area (TPSA) is 25.8 Å². The molecule has 18 heavy (non-hydrogen) atoms. The Hall–Kier alpha value is -1.41. The molecule has 2 aromatic rings. The highest BCUT2D eigenvalue weighted by Crippen LogP contribution is 2.21. The van der Waals surface area contributed by atoms with Crippen molar-refractivity contribution < 1.29 is 0 Å². The lowest BCUT2D eigenvalue weighted by atomic mass is 10.0. The Morgan fingerprint density at radius 2 is 1.78 bits per heavy atom. The zero-order chi connectivity index (χ0) is 13.1. The summed E-state index contributed by atoms with van der Waals surface area (Å²) in [6.45, 7) is 6.42. The van der Waals surface area contributed by atoms with Crippen LogP contribution in [0.2, 0.25) is 5.15 Å². The molecule has 0 N–H and O–H groups in total. The van der Waals surface area contributed by atoms with E-state index < -0.39 is 0 Å². The molecule has 2 rings (SSSR count). The van der Waals surface area contributed by atoms with E-state index in [0.717, 1.165) is 17.7 Å². The van der Waals surface area contributed by atoms with Gasteiger partial charge in [-0.25, -0.2) is 9.97 Å². The molecule has 0 unspecified atom stereocenters. The molecule has 0 spiro atoms. The molecule has 1 aromatic carbocycles. The van der Waals surface area contributed by atoms with E-state index in [0.29, 0.717) is 16.9 Å². The fourth-order valence-corrected chi connectivity index (χ4v) is 2.00. The quantitative estimate of drug-likeness (QED) is 0.761. The third kappa shape index (κ3) is 2.88. The maximum absolute atomic E-state index is 6.01. The van der Waals surface area contributed by atoms with Crippen molar-refractivity contribution >= 4 is 11.6 Å². The number of aryl methyl sites for hydroxylation is 1. The summed E-state index contributed by atoms with van der Waals surface area (Å²) in [5.41, 5.74) is 3.30. The summed E-state index contributed by atoms with van der Waals surface area (Å²) in [4.78, 5) is 8.78. The van der Waals surface area contributed by atoms with Gasteiger partial charge in [-0.1, -0.05) is 56.6 Å². The summed E-state index contributed by atoms with van der Waals surface area (Å²) in [5, 5.41) is 0.504. The second-order valence-electron chi connectivity index (χ2n) is 4.64. The zero-order valence-electron chi connectivity index (χ0n) is 10.9. The molecule has 94 valence electrons. The van der Waals surface area contributed by atoms with Crippen molar-refractivity contribution in [1.29, 1.82) is 0 Å². The van der Waals surface area contributed by atoms with Gasteiger partial charge in [-0.2, -0.15) is 0 Å². The number of rotatable bonds is 3. The lowest BCUT2D eigenvalue weighted by molar-refractivity contribution is 0.866. The normalized spacial score (nSPS) is 10.9. The van der Waals surface area contributed by atoms with Crippen molar-refractivity contribution in [2.45, 2.75) is 33.1 Å². The molecule has 0 saturated carbocycles. The van der Waals surface area contributed by atoms with Gasteiger partial charge in [0, 0.05) is 11.3 Å². The maximum atomic E-state index is 6.01. The Morgan fingerprint density at radius 3 is 2.33 bits per heavy atom. The van der Waals surface area contributed by atoms with Gasteiger partial charge >= 0.3 is 0 Å². The van der Waals surface area contributed by atoms with E-state index in [1.807, 2.05) is 6.07 Å². The van der Waals surface area contributed by atoms with Crippen molar-refractivity contribution in [2.24, 2.45) is 0 Å². The molecule has 1 aromatic heterocycles. The molecule has 0 atom stereocenters. The highest BCUT2D eigenvalue weighted by atomic mass is 35.5. The Bertz CT molecular complexity index is 533.